The Morgan fingerprint density at radius 1 is 1.46 bits per heavy atom. The maximum atomic E-state index is 13.8. The summed E-state index contributed by atoms with van der Waals surface area (Å²) >= 11 is 0. The first-order chi connectivity index (χ1) is 11.7. The zero-order valence-corrected chi connectivity index (χ0v) is 13.7. The zero-order chi connectivity index (χ0) is 16.9. The predicted octanol–water partition coefficient (Wildman–Crippen LogP) is 2.86. The van der Waals surface area contributed by atoms with Gasteiger partial charge in [-0.2, -0.15) is 4.98 Å². The van der Waals surface area contributed by atoms with Gasteiger partial charge in [0.1, 0.15) is 5.82 Å². The molecule has 0 radical (unpaired) electrons. The van der Waals surface area contributed by atoms with Gasteiger partial charge in [-0.3, -0.25) is 0 Å². The van der Waals surface area contributed by atoms with E-state index >= 15 is 0 Å². The number of benzene rings is 1. The van der Waals surface area contributed by atoms with Crippen LogP contribution in [-0.4, -0.2) is 40.7 Å². The molecule has 24 heavy (non-hydrogen) atoms. The van der Waals surface area contributed by atoms with E-state index in [-0.39, 0.29) is 23.6 Å². The molecule has 0 aliphatic carbocycles. The number of piperidine rings is 1. The average molecular weight is 332 g/mol. The number of hydrogen-bond acceptors (Lipinski definition) is 4. The Balaban J connectivity index is 1.64. The molecular weight excluding hydrogens is 311 g/mol. The van der Waals surface area contributed by atoms with E-state index in [4.69, 9.17) is 4.52 Å². The molecule has 0 spiro atoms. The number of likely N-dealkylation sites (tertiary alicyclic amines) is 1. The highest BCUT2D eigenvalue weighted by Crippen LogP contribution is 2.23. The van der Waals surface area contributed by atoms with Crippen molar-refractivity contribution in [3.8, 4) is 11.4 Å². The topological polar surface area (TPSA) is 71.3 Å². The molecule has 1 atom stereocenters. The summed E-state index contributed by atoms with van der Waals surface area (Å²) in [5, 5.41) is 6.70. The molecule has 1 unspecified atom stereocenters. The fraction of sp³-hybridized carbons (Fsp3) is 0.471. The molecule has 2 aromatic rings. The van der Waals surface area contributed by atoms with Crippen molar-refractivity contribution in [3.63, 3.8) is 0 Å². The summed E-state index contributed by atoms with van der Waals surface area (Å²) < 4.78 is 19.1. The van der Waals surface area contributed by atoms with Gasteiger partial charge < -0.3 is 14.7 Å². The van der Waals surface area contributed by atoms with E-state index in [0.717, 1.165) is 19.4 Å². The Morgan fingerprint density at radius 3 is 3.08 bits per heavy atom. The molecule has 1 N–H and O–H groups in total. The monoisotopic (exact) mass is 332 g/mol. The normalized spacial score (nSPS) is 17.8. The van der Waals surface area contributed by atoms with Crippen molar-refractivity contribution >= 4 is 6.03 Å². The minimum absolute atomic E-state index is 0.0280. The minimum atomic E-state index is -0.370. The second kappa shape index (κ2) is 7.42. The second-order valence-corrected chi connectivity index (χ2v) is 5.99. The summed E-state index contributed by atoms with van der Waals surface area (Å²) in [5.74, 6) is 0.649. The van der Waals surface area contributed by atoms with Gasteiger partial charge in [-0.15, -0.1) is 0 Å². The van der Waals surface area contributed by atoms with Gasteiger partial charge in [0.2, 0.25) is 11.7 Å². The summed E-state index contributed by atoms with van der Waals surface area (Å²) in [6, 6.07) is 6.33. The number of urea groups is 1. The van der Waals surface area contributed by atoms with Crippen molar-refractivity contribution in [3.05, 3.63) is 36.0 Å². The van der Waals surface area contributed by atoms with Crippen molar-refractivity contribution in [1.29, 1.82) is 0 Å². The number of rotatable bonds is 4. The Hall–Kier alpha value is -2.44. The summed E-state index contributed by atoms with van der Waals surface area (Å²) in [6.45, 7) is 3.97. The molecule has 3 rings (SSSR count). The van der Waals surface area contributed by atoms with E-state index in [2.05, 4.69) is 15.5 Å². The minimum Gasteiger partial charge on any atom is -0.339 e. The number of carbonyl (C=O) groups excluding carboxylic acids is 1. The van der Waals surface area contributed by atoms with E-state index in [9.17, 15) is 9.18 Å². The van der Waals surface area contributed by atoms with Crippen molar-refractivity contribution in [2.45, 2.75) is 26.2 Å². The van der Waals surface area contributed by atoms with Crippen molar-refractivity contribution in [1.82, 2.24) is 20.4 Å². The van der Waals surface area contributed by atoms with Gasteiger partial charge in [-0.1, -0.05) is 17.3 Å². The number of carbonyl (C=O) groups is 1. The van der Waals surface area contributed by atoms with Crippen LogP contribution in [0.25, 0.3) is 11.4 Å². The smallest absolute Gasteiger partial charge is 0.317 e. The largest absolute Gasteiger partial charge is 0.339 e. The van der Waals surface area contributed by atoms with Crippen molar-refractivity contribution < 1.29 is 13.7 Å². The number of aromatic nitrogens is 2. The molecule has 1 saturated heterocycles. The van der Waals surface area contributed by atoms with Crippen molar-refractivity contribution in [2.24, 2.45) is 5.92 Å². The highest BCUT2D eigenvalue weighted by atomic mass is 19.1. The van der Waals surface area contributed by atoms with Crippen LogP contribution in [0.2, 0.25) is 0 Å². The third-order valence-electron chi connectivity index (χ3n) is 4.18. The lowest BCUT2D eigenvalue weighted by Crippen LogP contribution is -2.45. The molecule has 0 bridgehead atoms. The lowest BCUT2D eigenvalue weighted by molar-refractivity contribution is 0.162. The summed E-state index contributed by atoms with van der Waals surface area (Å²) in [7, 11) is 0. The molecule has 1 aromatic carbocycles. The molecule has 6 nitrogen and oxygen atoms in total. The first-order valence-corrected chi connectivity index (χ1v) is 8.27. The van der Waals surface area contributed by atoms with E-state index in [1.807, 2.05) is 11.8 Å². The first kappa shape index (κ1) is 16.4. The quantitative estimate of drug-likeness (QED) is 0.934. The Labute approximate surface area is 140 Å². The SMILES string of the molecule is CCNC(=O)N1CCCC(Cc2nc(-c3ccccc3F)no2)C1. The molecule has 128 valence electrons. The van der Waals surface area contributed by atoms with E-state index in [1.165, 1.54) is 6.07 Å². The fourth-order valence-electron chi connectivity index (χ4n) is 3.02. The highest BCUT2D eigenvalue weighted by molar-refractivity contribution is 5.74. The van der Waals surface area contributed by atoms with Crippen LogP contribution < -0.4 is 5.32 Å². The van der Waals surface area contributed by atoms with Crippen LogP contribution in [0.1, 0.15) is 25.7 Å². The Bertz CT molecular complexity index is 703. The van der Waals surface area contributed by atoms with Crippen molar-refractivity contribution in [2.75, 3.05) is 19.6 Å². The summed E-state index contributed by atoms with van der Waals surface area (Å²) in [5.41, 5.74) is 0.333. The number of hydrogen-bond donors (Lipinski definition) is 1. The summed E-state index contributed by atoms with van der Waals surface area (Å²) in [6.07, 6.45) is 2.56. The molecule has 2 amide bonds. The second-order valence-electron chi connectivity index (χ2n) is 5.99. The molecular formula is C17H21FN4O2. The van der Waals surface area contributed by atoms with Gasteiger partial charge in [0, 0.05) is 26.1 Å². The van der Waals surface area contributed by atoms with E-state index in [0.29, 0.717) is 31.0 Å². The molecule has 2 heterocycles. The zero-order valence-electron chi connectivity index (χ0n) is 13.7. The first-order valence-electron chi connectivity index (χ1n) is 8.27. The van der Waals surface area contributed by atoms with Gasteiger partial charge in [-0.05, 0) is 37.8 Å². The maximum absolute atomic E-state index is 13.8. The average Bonchev–Trinajstić information content (AvgIpc) is 3.04. The number of halogens is 1. The van der Waals surface area contributed by atoms with Gasteiger partial charge >= 0.3 is 6.03 Å². The van der Waals surface area contributed by atoms with E-state index < -0.39 is 0 Å². The van der Waals surface area contributed by atoms with Crippen LogP contribution in [0, 0.1) is 11.7 Å². The van der Waals surface area contributed by atoms with Crippen LogP contribution in [0.15, 0.2) is 28.8 Å². The molecule has 1 aliphatic heterocycles. The predicted molar refractivity (Wildman–Crippen MR) is 86.8 cm³/mol. The number of nitrogens with one attached hydrogen (secondary N) is 1. The van der Waals surface area contributed by atoms with Gasteiger partial charge in [0.05, 0.1) is 5.56 Å². The molecule has 1 aromatic heterocycles. The fourth-order valence-corrected chi connectivity index (χ4v) is 3.02. The maximum Gasteiger partial charge on any atom is 0.317 e. The molecule has 1 aliphatic rings. The van der Waals surface area contributed by atoms with Crippen LogP contribution in [-0.2, 0) is 6.42 Å². The van der Waals surface area contributed by atoms with E-state index in [1.54, 1.807) is 18.2 Å². The van der Waals surface area contributed by atoms with Gasteiger partial charge in [0.25, 0.3) is 0 Å². The Kier molecular flexibility index (Phi) is 5.08. The van der Waals surface area contributed by atoms with Gasteiger partial charge in [0.15, 0.2) is 0 Å². The summed E-state index contributed by atoms with van der Waals surface area (Å²) in [4.78, 5) is 18.1. The number of amides is 2. The highest BCUT2D eigenvalue weighted by Gasteiger charge is 2.25. The molecule has 0 saturated carbocycles. The van der Waals surface area contributed by atoms with Gasteiger partial charge in [-0.25, -0.2) is 9.18 Å². The number of nitrogens with zero attached hydrogens (tertiary/aromatic N) is 3. The molecule has 7 heteroatoms. The third-order valence-corrected chi connectivity index (χ3v) is 4.18. The van der Waals surface area contributed by atoms with Crippen LogP contribution in [0.3, 0.4) is 0 Å². The van der Waals surface area contributed by atoms with Crippen LogP contribution in [0.4, 0.5) is 9.18 Å². The lowest BCUT2D eigenvalue weighted by atomic mass is 9.95. The lowest BCUT2D eigenvalue weighted by Gasteiger charge is -2.32. The van der Waals surface area contributed by atoms with Crippen LogP contribution >= 0.6 is 0 Å². The Morgan fingerprint density at radius 2 is 2.29 bits per heavy atom. The standard InChI is InChI=1S/C17H21FN4O2/c1-2-19-17(23)22-9-5-6-12(11-22)10-15-20-16(21-24-15)13-7-3-4-8-14(13)18/h3-4,7-8,12H,2,5-6,9-11H2,1H3,(H,19,23). The third kappa shape index (κ3) is 3.72. The van der Waals surface area contributed by atoms with Crippen LogP contribution in [0.5, 0.6) is 0 Å². The molecule has 1 fully saturated rings.